The fraction of sp³-hybridized carbons (Fsp3) is 0.609. The van der Waals surface area contributed by atoms with Gasteiger partial charge in [0.05, 0.1) is 18.8 Å². The van der Waals surface area contributed by atoms with Crippen LogP contribution in [0.3, 0.4) is 0 Å². The number of hydrogen-bond donors (Lipinski definition) is 0. The summed E-state index contributed by atoms with van der Waals surface area (Å²) < 4.78 is 17.4. The minimum Gasteiger partial charge on any atom is -0.494 e. The van der Waals surface area contributed by atoms with Crippen molar-refractivity contribution in [3.63, 3.8) is 0 Å². The fourth-order valence-corrected chi connectivity index (χ4v) is 11.4. The van der Waals surface area contributed by atoms with Gasteiger partial charge in [0.15, 0.2) is 0 Å². The van der Waals surface area contributed by atoms with E-state index in [0.29, 0.717) is 28.4 Å². The number of rotatable bonds is 17. The number of ether oxygens (including phenoxy) is 3. The summed E-state index contributed by atoms with van der Waals surface area (Å²) in [6.45, 7) is 77.5. The van der Waals surface area contributed by atoms with Crippen molar-refractivity contribution in [1.29, 1.82) is 0 Å². The molecule has 0 saturated carbocycles. The first-order valence-electron chi connectivity index (χ1n) is 37.4. The van der Waals surface area contributed by atoms with Crippen LogP contribution in [0.15, 0.2) is 146 Å². The van der Waals surface area contributed by atoms with E-state index < -0.39 is 0 Å². The van der Waals surface area contributed by atoms with Crippen LogP contribution >= 0.6 is 0 Å². The van der Waals surface area contributed by atoms with Crippen molar-refractivity contribution in [2.24, 2.45) is 16.2 Å². The van der Waals surface area contributed by atoms with E-state index in [0.717, 1.165) is 70.0 Å². The highest BCUT2D eigenvalue weighted by atomic mass is 16.5. The Bertz CT molecular complexity index is 3200. The van der Waals surface area contributed by atoms with Gasteiger partial charge in [-0.3, -0.25) is 9.80 Å². The van der Waals surface area contributed by atoms with Gasteiger partial charge in [-0.15, -0.1) is 0 Å². The molecule has 1 heterocycles. The highest BCUT2D eigenvalue weighted by molar-refractivity contribution is 5.36. The molecule has 6 heteroatoms. The maximum atomic E-state index is 5.84. The molecule has 0 spiro atoms. The van der Waals surface area contributed by atoms with E-state index in [2.05, 4.69) is 369 Å². The SMILES string of the molecule is CC(C)(C)CCCOc1cccc(C(C)(C)C)c1.CC(C)(C)Cc1cccc(C(C)(C)C)c1.CC(C)(C)Cc1cccc(Cc2cccc(C(C)(C)C)c2)c1.CC(C)(C)c1cccc(CN2CCN(C(C)(C)C)CC2)c1.CN(CCOc1ccc(C(C)(C)C)cc1)CCOC(C)(C)C. The van der Waals surface area contributed by atoms with Gasteiger partial charge in [-0.2, -0.15) is 0 Å². The van der Waals surface area contributed by atoms with Crippen molar-refractivity contribution in [1.82, 2.24) is 14.7 Å². The fourth-order valence-electron chi connectivity index (χ4n) is 11.4. The van der Waals surface area contributed by atoms with Crippen LogP contribution in [0.1, 0.15) is 276 Å². The molecule has 6 aromatic carbocycles. The molecule has 0 aliphatic carbocycles. The van der Waals surface area contributed by atoms with Crippen LogP contribution in [0.5, 0.6) is 11.5 Å². The minimum absolute atomic E-state index is 0.0634. The summed E-state index contributed by atoms with van der Waals surface area (Å²) in [5.74, 6) is 1.93. The largest absolute Gasteiger partial charge is 0.494 e. The first kappa shape index (κ1) is 87.0. The summed E-state index contributed by atoms with van der Waals surface area (Å²) >= 11 is 0. The second-order valence-electron chi connectivity index (χ2n) is 38.9. The van der Waals surface area contributed by atoms with E-state index >= 15 is 0 Å². The summed E-state index contributed by atoms with van der Waals surface area (Å²) in [6.07, 6.45) is 5.61. The molecule has 0 aromatic heterocycles. The number of hydrogen-bond acceptors (Lipinski definition) is 6. The smallest absolute Gasteiger partial charge is 0.119 e. The molecular weight excluding hydrogens is 1200 g/mol. The zero-order chi connectivity index (χ0) is 74.4. The summed E-state index contributed by atoms with van der Waals surface area (Å²) in [4.78, 5) is 7.41. The summed E-state index contributed by atoms with van der Waals surface area (Å²) in [5, 5.41) is 0. The quantitative estimate of drug-likeness (QED) is 0.0847. The molecule has 1 aliphatic rings. The molecule has 0 unspecified atom stereocenters. The van der Waals surface area contributed by atoms with Gasteiger partial charge in [0, 0.05) is 51.4 Å². The Morgan fingerprint density at radius 3 is 1.16 bits per heavy atom. The molecule has 0 radical (unpaired) electrons. The van der Waals surface area contributed by atoms with E-state index in [9.17, 15) is 0 Å². The van der Waals surface area contributed by atoms with Crippen LogP contribution < -0.4 is 9.47 Å². The van der Waals surface area contributed by atoms with Crippen molar-refractivity contribution in [3.05, 3.63) is 201 Å². The van der Waals surface area contributed by atoms with Crippen LogP contribution in [-0.4, -0.2) is 92.0 Å². The van der Waals surface area contributed by atoms with Gasteiger partial charge in [-0.05, 0) is 204 Å². The van der Waals surface area contributed by atoms with Crippen molar-refractivity contribution in [2.75, 3.05) is 66.1 Å². The Kier molecular flexibility index (Phi) is 33.4. The molecule has 1 aliphatic heterocycles. The predicted octanol–water partition coefficient (Wildman–Crippen LogP) is 23.9. The molecule has 6 nitrogen and oxygen atoms in total. The first-order valence-corrected chi connectivity index (χ1v) is 37.4. The van der Waals surface area contributed by atoms with Gasteiger partial charge in [0.25, 0.3) is 0 Å². The molecule has 548 valence electrons. The van der Waals surface area contributed by atoms with E-state index in [4.69, 9.17) is 14.2 Å². The lowest BCUT2D eigenvalue weighted by Gasteiger charge is -2.42. The Morgan fingerprint density at radius 2 is 0.724 bits per heavy atom. The lowest BCUT2D eigenvalue weighted by atomic mass is 9.83. The van der Waals surface area contributed by atoms with Crippen molar-refractivity contribution >= 4 is 0 Å². The molecule has 0 bridgehead atoms. The number of piperazine rings is 1. The van der Waals surface area contributed by atoms with Gasteiger partial charge in [-0.1, -0.05) is 287 Å². The van der Waals surface area contributed by atoms with Crippen LogP contribution in [-0.2, 0) is 57.6 Å². The molecule has 0 atom stereocenters. The number of benzene rings is 6. The van der Waals surface area contributed by atoms with Crippen molar-refractivity contribution in [3.8, 4) is 11.5 Å². The summed E-state index contributed by atoms with van der Waals surface area (Å²) in [5.41, 5.74) is 16.5. The van der Waals surface area contributed by atoms with E-state index in [1.165, 1.54) is 88.2 Å². The molecule has 0 N–H and O–H groups in total. The third-order valence-electron chi connectivity index (χ3n) is 17.5. The highest BCUT2D eigenvalue weighted by Gasteiger charge is 2.27. The Balaban J connectivity index is 0.000000321. The van der Waals surface area contributed by atoms with Crippen molar-refractivity contribution in [2.45, 2.75) is 285 Å². The van der Waals surface area contributed by atoms with Gasteiger partial charge in [0.2, 0.25) is 0 Å². The van der Waals surface area contributed by atoms with E-state index in [-0.39, 0.29) is 32.7 Å². The van der Waals surface area contributed by atoms with E-state index in [1.807, 2.05) is 6.07 Å². The molecule has 1 fully saturated rings. The zero-order valence-electron chi connectivity index (χ0n) is 69.0. The Morgan fingerprint density at radius 1 is 0.347 bits per heavy atom. The molecule has 98 heavy (non-hydrogen) atoms. The van der Waals surface area contributed by atoms with Crippen LogP contribution in [0.2, 0.25) is 0 Å². The topological polar surface area (TPSA) is 37.4 Å². The highest BCUT2D eigenvalue weighted by Crippen LogP contribution is 2.31. The number of nitrogens with zero attached hydrogens (tertiary/aromatic N) is 3. The first-order chi connectivity index (χ1) is 44.7. The van der Waals surface area contributed by atoms with Crippen LogP contribution in [0.4, 0.5) is 0 Å². The second kappa shape index (κ2) is 37.6. The van der Waals surface area contributed by atoms with Gasteiger partial charge < -0.3 is 19.1 Å². The third-order valence-corrected chi connectivity index (χ3v) is 17.5. The third kappa shape index (κ3) is 37.4. The Hall–Kier alpha value is -5.24. The predicted molar refractivity (Wildman–Crippen MR) is 431 cm³/mol. The summed E-state index contributed by atoms with van der Waals surface area (Å²) in [6, 6.07) is 53.1. The molecule has 1 saturated heterocycles. The second-order valence-corrected chi connectivity index (χ2v) is 38.9. The summed E-state index contributed by atoms with van der Waals surface area (Å²) in [7, 11) is 2.10. The molecular formula is C92H147N3O3. The average Bonchev–Trinajstić information content (AvgIpc) is 0.858. The van der Waals surface area contributed by atoms with Gasteiger partial charge >= 0.3 is 0 Å². The van der Waals surface area contributed by atoms with Crippen LogP contribution in [0.25, 0.3) is 0 Å². The average molecular weight is 1340 g/mol. The lowest BCUT2D eigenvalue weighted by molar-refractivity contribution is -0.0114. The molecule has 6 aromatic rings. The maximum Gasteiger partial charge on any atom is 0.119 e. The van der Waals surface area contributed by atoms with Crippen molar-refractivity contribution < 1.29 is 14.2 Å². The maximum absolute atomic E-state index is 5.84. The zero-order valence-corrected chi connectivity index (χ0v) is 69.0. The lowest BCUT2D eigenvalue weighted by Crippen LogP contribution is -2.53. The van der Waals surface area contributed by atoms with Gasteiger partial charge in [-0.25, -0.2) is 0 Å². The molecule has 0 amide bonds. The molecule has 7 rings (SSSR count). The van der Waals surface area contributed by atoms with Gasteiger partial charge in [0.1, 0.15) is 18.1 Å². The number of likely N-dealkylation sites (N-methyl/N-ethyl adjacent to an activating group) is 1. The van der Waals surface area contributed by atoms with E-state index in [1.54, 1.807) is 0 Å². The normalized spacial score (nSPS) is 14.0. The van der Waals surface area contributed by atoms with Crippen LogP contribution in [0, 0.1) is 16.2 Å². The Labute approximate surface area is 605 Å². The monoisotopic (exact) mass is 1340 g/mol. The standard InChI is InChI=1S/C22H30.C19H32N2.C19H33NO2.C17H28O.C15H24/c1-21(2,3)16-19-11-7-9-17(14-19)13-18-10-8-12-20(15-18)22(4,5)6;1-18(2,3)17-9-7-8-16(14-17)15-20-10-12-21(13-11-20)19(4,5)6;1-18(2,3)16-8-10-17(11-9-16)21-14-12-20(7)13-15-22-19(4,5)6;1-16(2,3)11-8-12-18-15-10-7-9-14(13-15)17(4,5)6;1-14(2,3)11-12-8-7-9-13(10-12)15(4,5)6/h7-12,14-15H,13,16H2,1-6H3;7-9,14H,10-13,15H2,1-6H3;8-11H,12-15H2,1-7H3;7,9-10,13H,8,11-12H2,1-6H3;7-10H,11H2,1-6H3. The minimum atomic E-state index is -0.0634.